The summed E-state index contributed by atoms with van der Waals surface area (Å²) in [6.07, 6.45) is 0. The highest BCUT2D eigenvalue weighted by molar-refractivity contribution is 9.11. The van der Waals surface area contributed by atoms with Gasteiger partial charge in [0.25, 0.3) is 5.91 Å². The van der Waals surface area contributed by atoms with E-state index < -0.39 is 0 Å². The molecule has 1 unspecified atom stereocenters. The lowest BCUT2D eigenvalue weighted by Gasteiger charge is -2.18. The van der Waals surface area contributed by atoms with E-state index in [4.69, 9.17) is 11.6 Å². The van der Waals surface area contributed by atoms with Gasteiger partial charge >= 0.3 is 0 Å². The molecule has 1 amide bonds. The first-order valence-electron chi connectivity index (χ1n) is 4.76. The topological polar surface area (TPSA) is 20.3 Å². The Labute approximate surface area is 117 Å². The van der Waals surface area contributed by atoms with Gasteiger partial charge in [0.2, 0.25) is 0 Å². The fraction of sp³-hybridized carbons (Fsp3) is 0.364. The fourth-order valence-corrected chi connectivity index (χ4v) is 2.86. The van der Waals surface area contributed by atoms with Crippen LogP contribution in [-0.2, 0) is 0 Å². The molecule has 0 aliphatic heterocycles. The van der Waals surface area contributed by atoms with Crippen molar-refractivity contribution in [2.45, 2.75) is 12.3 Å². The van der Waals surface area contributed by atoms with E-state index in [0.29, 0.717) is 12.1 Å². The van der Waals surface area contributed by atoms with E-state index in [0.717, 1.165) is 8.95 Å². The number of amides is 1. The molecular weight excluding hydrogens is 357 g/mol. The molecule has 0 bridgehead atoms. The van der Waals surface area contributed by atoms with Gasteiger partial charge in [-0.15, -0.1) is 11.6 Å². The fourth-order valence-electron chi connectivity index (χ4n) is 1.36. The number of benzene rings is 1. The number of alkyl halides is 1. The number of carbonyl (C=O) groups excluding carboxylic acids is 1. The van der Waals surface area contributed by atoms with Gasteiger partial charge in [0.1, 0.15) is 0 Å². The molecule has 88 valence electrons. The largest absolute Gasteiger partial charge is 0.340 e. The van der Waals surface area contributed by atoms with Crippen molar-refractivity contribution in [1.82, 2.24) is 4.90 Å². The van der Waals surface area contributed by atoms with Gasteiger partial charge in [-0.2, -0.15) is 0 Å². The normalized spacial score (nSPS) is 12.3. The molecule has 0 heterocycles. The van der Waals surface area contributed by atoms with Crippen LogP contribution in [0.25, 0.3) is 0 Å². The molecule has 0 aromatic heterocycles. The van der Waals surface area contributed by atoms with Gasteiger partial charge in [0.15, 0.2) is 0 Å². The molecule has 0 radical (unpaired) electrons. The Morgan fingerprint density at radius 2 is 1.88 bits per heavy atom. The predicted molar refractivity (Wildman–Crippen MR) is 74.1 cm³/mol. The number of hydrogen-bond acceptors (Lipinski definition) is 1. The smallest absolute Gasteiger partial charge is 0.253 e. The van der Waals surface area contributed by atoms with E-state index in [-0.39, 0.29) is 11.3 Å². The summed E-state index contributed by atoms with van der Waals surface area (Å²) in [5, 5.41) is -0.0513. The second-order valence-corrected chi connectivity index (χ2v) is 6.20. The summed E-state index contributed by atoms with van der Waals surface area (Å²) >= 11 is 12.6. The lowest BCUT2D eigenvalue weighted by Crippen LogP contribution is -2.31. The Morgan fingerprint density at radius 1 is 1.38 bits per heavy atom. The second-order valence-electron chi connectivity index (χ2n) is 3.62. The third-order valence-corrected chi connectivity index (χ3v) is 3.04. The van der Waals surface area contributed by atoms with Crippen LogP contribution >= 0.6 is 43.5 Å². The van der Waals surface area contributed by atoms with E-state index in [1.54, 1.807) is 24.1 Å². The highest BCUT2D eigenvalue weighted by atomic mass is 79.9. The SMILES string of the molecule is CC(Cl)CN(C)C(=O)c1cc(Br)cc(Br)c1. The Morgan fingerprint density at radius 3 is 2.31 bits per heavy atom. The summed E-state index contributed by atoms with van der Waals surface area (Å²) in [7, 11) is 1.75. The van der Waals surface area contributed by atoms with E-state index in [1.807, 2.05) is 13.0 Å². The molecule has 0 saturated carbocycles. The van der Waals surface area contributed by atoms with Gasteiger partial charge in [-0.25, -0.2) is 0 Å². The molecule has 0 spiro atoms. The Bertz CT molecular complexity index is 375. The van der Waals surface area contributed by atoms with Gasteiger partial charge < -0.3 is 4.90 Å². The zero-order valence-corrected chi connectivity index (χ0v) is 12.9. The number of halogens is 3. The van der Waals surface area contributed by atoms with Crippen molar-refractivity contribution in [2.24, 2.45) is 0 Å². The van der Waals surface area contributed by atoms with Gasteiger partial charge in [-0.1, -0.05) is 31.9 Å². The minimum Gasteiger partial charge on any atom is -0.340 e. The maximum Gasteiger partial charge on any atom is 0.253 e. The molecule has 1 aromatic carbocycles. The summed E-state index contributed by atoms with van der Waals surface area (Å²) in [5.74, 6) is -0.0329. The number of nitrogens with zero attached hydrogens (tertiary/aromatic N) is 1. The molecule has 0 aliphatic rings. The molecule has 5 heteroatoms. The van der Waals surface area contributed by atoms with Crippen molar-refractivity contribution in [2.75, 3.05) is 13.6 Å². The van der Waals surface area contributed by atoms with E-state index in [1.165, 1.54) is 0 Å². The Balaban J connectivity index is 2.87. The average molecular weight is 369 g/mol. The molecule has 2 nitrogen and oxygen atoms in total. The molecule has 0 N–H and O–H groups in total. The van der Waals surface area contributed by atoms with Crippen LogP contribution in [0, 0.1) is 0 Å². The summed E-state index contributed by atoms with van der Waals surface area (Å²) in [6.45, 7) is 2.40. The Hall–Kier alpha value is -0.0600. The number of carbonyl (C=O) groups is 1. The van der Waals surface area contributed by atoms with E-state index >= 15 is 0 Å². The highest BCUT2D eigenvalue weighted by Crippen LogP contribution is 2.21. The summed E-state index contributed by atoms with van der Waals surface area (Å²) in [6, 6.07) is 5.48. The second kappa shape index (κ2) is 6.03. The van der Waals surface area contributed by atoms with Gasteiger partial charge in [0, 0.05) is 33.5 Å². The van der Waals surface area contributed by atoms with Crippen LogP contribution in [-0.4, -0.2) is 29.8 Å². The van der Waals surface area contributed by atoms with Crippen LogP contribution < -0.4 is 0 Å². The van der Waals surface area contributed by atoms with Crippen LogP contribution in [0.4, 0.5) is 0 Å². The van der Waals surface area contributed by atoms with Crippen LogP contribution in [0.3, 0.4) is 0 Å². The van der Waals surface area contributed by atoms with Crippen molar-refractivity contribution in [3.8, 4) is 0 Å². The Kier molecular flexibility index (Phi) is 5.28. The number of hydrogen-bond donors (Lipinski definition) is 0. The zero-order chi connectivity index (χ0) is 12.3. The minimum absolute atomic E-state index is 0.0329. The number of rotatable bonds is 3. The standard InChI is InChI=1S/C11H12Br2ClNO/c1-7(14)6-15(2)11(16)8-3-9(12)5-10(13)4-8/h3-5,7H,6H2,1-2H3. The van der Waals surface area contributed by atoms with Crippen LogP contribution in [0.15, 0.2) is 27.1 Å². The van der Waals surface area contributed by atoms with Crippen molar-refractivity contribution in [3.05, 3.63) is 32.7 Å². The third kappa shape index (κ3) is 4.07. The average Bonchev–Trinajstić information content (AvgIpc) is 2.13. The van der Waals surface area contributed by atoms with E-state index in [2.05, 4.69) is 31.9 Å². The van der Waals surface area contributed by atoms with Crippen molar-refractivity contribution < 1.29 is 4.79 Å². The van der Waals surface area contributed by atoms with Gasteiger partial charge in [-0.3, -0.25) is 4.79 Å². The molecule has 1 atom stereocenters. The predicted octanol–water partition coefficient (Wildman–Crippen LogP) is 3.91. The molecule has 0 aliphatic carbocycles. The van der Waals surface area contributed by atoms with Gasteiger partial charge in [-0.05, 0) is 25.1 Å². The van der Waals surface area contributed by atoms with Crippen LogP contribution in [0.5, 0.6) is 0 Å². The lowest BCUT2D eigenvalue weighted by molar-refractivity contribution is 0.0796. The molecule has 0 fully saturated rings. The third-order valence-electron chi connectivity index (χ3n) is 1.98. The first-order chi connectivity index (χ1) is 7.40. The van der Waals surface area contributed by atoms with Crippen molar-refractivity contribution >= 4 is 49.4 Å². The molecule has 1 rings (SSSR count). The van der Waals surface area contributed by atoms with Gasteiger partial charge in [0.05, 0.1) is 0 Å². The summed E-state index contributed by atoms with van der Waals surface area (Å²) in [4.78, 5) is 13.6. The molecule has 1 aromatic rings. The molecule has 16 heavy (non-hydrogen) atoms. The first-order valence-corrected chi connectivity index (χ1v) is 6.78. The maximum absolute atomic E-state index is 12.0. The van der Waals surface area contributed by atoms with Crippen molar-refractivity contribution in [3.63, 3.8) is 0 Å². The quantitative estimate of drug-likeness (QED) is 0.740. The molecular formula is C11H12Br2ClNO. The maximum atomic E-state index is 12.0. The minimum atomic E-state index is -0.0513. The van der Waals surface area contributed by atoms with Crippen molar-refractivity contribution in [1.29, 1.82) is 0 Å². The van der Waals surface area contributed by atoms with Crippen LogP contribution in [0.1, 0.15) is 17.3 Å². The molecule has 0 saturated heterocycles. The lowest BCUT2D eigenvalue weighted by atomic mass is 10.2. The van der Waals surface area contributed by atoms with E-state index in [9.17, 15) is 4.79 Å². The summed E-state index contributed by atoms with van der Waals surface area (Å²) in [5.41, 5.74) is 0.640. The zero-order valence-electron chi connectivity index (χ0n) is 9.01. The monoisotopic (exact) mass is 367 g/mol. The summed E-state index contributed by atoms with van der Waals surface area (Å²) < 4.78 is 1.75. The van der Waals surface area contributed by atoms with Crippen LogP contribution in [0.2, 0.25) is 0 Å². The highest BCUT2D eigenvalue weighted by Gasteiger charge is 2.14. The first kappa shape index (κ1) is 14.0.